The number of hydrogen-bond acceptors (Lipinski definition) is 6. The predicted molar refractivity (Wildman–Crippen MR) is 146 cm³/mol. The lowest BCUT2D eigenvalue weighted by Gasteiger charge is -2.26. The van der Waals surface area contributed by atoms with E-state index in [1.165, 1.54) is 18.3 Å². The van der Waals surface area contributed by atoms with Gasteiger partial charge in [0.05, 0.1) is 35.3 Å². The average Bonchev–Trinajstić information content (AvgIpc) is 3.13. The van der Waals surface area contributed by atoms with Crippen LogP contribution in [0.5, 0.6) is 5.75 Å². The smallest absolute Gasteiger partial charge is 0.280 e. The van der Waals surface area contributed by atoms with E-state index in [1.54, 1.807) is 17.0 Å². The van der Waals surface area contributed by atoms with Crippen molar-refractivity contribution < 1.29 is 27.8 Å². The second-order valence-electron chi connectivity index (χ2n) is 9.87. The number of anilines is 1. The summed E-state index contributed by atoms with van der Waals surface area (Å²) in [7, 11) is 0. The molecule has 212 valence electrons. The van der Waals surface area contributed by atoms with Gasteiger partial charge in [-0.2, -0.15) is 0 Å². The van der Waals surface area contributed by atoms with E-state index in [4.69, 9.17) is 26.1 Å². The van der Waals surface area contributed by atoms with Gasteiger partial charge in [0.15, 0.2) is 0 Å². The molecule has 3 aromatic rings. The van der Waals surface area contributed by atoms with Crippen LogP contribution in [0.4, 0.5) is 14.7 Å². The molecule has 1 aromatic carbocycles. The molecule has 1 atom stereocenters. The topological polar surface area (TPSA) is 98.6 Å². The van der Waals surface area contributed by atoms with Crippen molar-refractivity contribution >= 4 is 40.4 Å². The van der Waals surface area contributed by atoms with Gasteiger partial charge in [-0.15, -0.1) is 0 Å². The summed E-state index contributed by atoms with van der Waals surface area (Å²) in [5.74, 6) is -0.0647. The quantitative estimate of drug-likeness (QED) is 0.371. The van der Waals surface area contributed by atoms with E-state index >= 15 is 0 Å². The highest BCUT2D eigenvalue weighted by Crippen LogP contribution is 2.37. The van der Waals surface area contributed by atoms with Gasteiger partial charge in [0, 0.05) is 49.8 Å². The molecule has 0 spiro atoms. The summed E-state index contributed by atoms with van der Waals surface area (Å²) in [6.45, 7) is 5.80. The molecule has 40 heavy (non-hydrogen) atoms. The number of carbonyl (C=O) groups excluding carboxylic acids is 2. The molecule has 1 unspecified atom stereocenters. The molecule has 2 saturated heterocycles. The molecule has 12 heteroatoms. The number of hydrogen-bond donors (Lipinski definition) is 1. The Morgan fingerprint density at radius 2 is 2.00 bits per heavy atom. The molecule has 1 N–H and O–H groups in total. The maximum absolute atomic E-state index is 13.2. The molecular formula is C28H30ClF2N5O4. The van der Waals surface area contributed by atoms with E-state index in [-0.39, 0.29) is 29.6 Å². The Labute approximate surface area is 235 Å². The third-order valence-electron chi connectivity index (χ3n) is 7.17. The summed E-state index contributed by atoms with van der Waals surface area (Å²) < 4.78 is 39.9. The zero-order chi connectivity index (χ0) is 28.2. The van der Waals surface area contributed by atoms with Crippen LogP contribution in [0.1, 0.15) is 60.6 Å². The Hall–Kier alpha value is -3.57. The van der Waals surface area contributed by atoms with Gasteiger partial charge in [-0.3, -0.25) is 19.9 Å². The first-order valence-electron chi connectivity index (χ1n) is 13.3. The third kappa shape index (κ3) is 6.10. The molecule has 2 aliphatic heterocycles. The van der Waals surface area contributed by atoms with Gasteiger partial charge in [0.2, 0.25) is 11.9 Å². The molecule has 2 fully saturated rings. The fraction of sp³-hybridized carbons (Fsp3) is 0.429. The number of likely N-dealkylation sites (tertiary alicyclic amines) is 1. The summed E-state index contributed by atoms with van der Waals surface area (Å²) in [5.41, 5.74) is 0.597. The minimum atomic E-state index is -2.82. The number of carbonyl (C=O) groups is 2. The normalized spacial score (nSPS) is 18.5. The van der Waals surface area contributed by atoms with Gasteiger partial charge in [-0.25, -0.2) is 13.8 Å². The van der Waals surface area contributed by atoms with Crippen molar-refractivity contribution in [2.45, 2.75) is 50.7 Å². The van der Waals surface area contributed by atoms with Crippen molar-refractivity contribution in [2.75, 3.05) is 31.6 Å². The van der Waals surface area contributed by atoms with E-state index in [2.05, 4.69) is 16.9 Å². The van der Waals surface area contributed by atoms with Crippen LogP contribution < -0.4 is 10.1 Å². The van der Waals surface area contributed by atoms with Crippen LogP contribution in [0, 0.1) is 0 Å². The van der Waals surface area contributed by atoms with Crippen LogP contribution in [0.25, 0.3) is 11.0 Å². The lowest BCUT2D eigenvalue weighted by Crippen LogP contribution is -2.34. The highest BCUT2D eigenvalue weighted by Gasteiger charge is 2.28. The van der Waals surface area contributed by atoms with Crippen molar-refractivity contribution in [2.24, 2.45) is 0 Å². The van der Waals surface area contributed by atoms with Crippen molar-refractivity contribution in [1.82, 2.24) is 19.4 Å². The maximum atomic E-state index is 13.2. The average molecular weight is 574 g/mol. The minimum absolute atomic E-state index is 0.0143. The fourth-order valence-corrected chi connectivity index (χ4v) is 5.49. The van der Waals surface area contributed by atoms with Crippen LogP contribution in [0.3, 0.4) is 0 Å². The number of pyridine rings is 1. The fourth-order valence-electron chi connectivity index (χ4n) is 5.20. The van der Waals surface area contributed by atoms with E-state index < -0.39 is 18.0 Å². The lowest BCUT2D eigenvalue weighted by molar-refractivity contribution is -0.126. The Morgan fingerprint density at radius 3 is 2.75 bits per heavy atom. The highest BCUT2D eigenvalue weighted by atomic mass is 35.5. The first kappa shape index (κ1) is 28.0. The van der Waals surface area contributed by atoms with Gasteiger partial charge in [0.25, 0.3) is 12.3 Å². The van der Waals surface area contributed by atoms with Crippen molar-refractivity contribution in [3.8, 4) is 5.75 Å². The third-order valence-corrected chi connectivity index (χ3v) is 7.46. The number of nitrogens with zero attached hydrogens (tertiary/aromatic N) is 4. The molecule has 9 nitrogen and oxygen atoms in total. The second-order valence-corrected chi connectivity index (χ2v) is 10.3. The number of nitrogens with one attached hydrogen (secondary N) is 1. The molecular weight excluding hydrogens is 544 g/mol. The molecule has 0 radical (unpaired) electrons. The number of imidazole rings is 1. The van der Waals surface area contributed by atoms with Crippen molar-refractivity contribution in [1.29, 1.82) is 0 Å². The predicted octanol–water partition coefficient (Wildman–Crippen LogP) is 5.57. The van der Waals surface area contributed by atoms with E-state index in [9.17, 15) is 18.4 Å². The number of fused-ring (bicyclic) bond motifs is 1. The Kier molecular flexibility index (Phi) is 8.60. The van der Waals surface area contributed by atoms with E-state index in [0.29, 0.717) is 54.5 Å². The number of halogens is 3. The summed E-state index contributed by atoms with van der Waals surface area (Å²) in [5, 5.41) is 3.16. The van der Waals surface area contributed by atoms with Gasteiger partial charge >= 0.3 is 0 Å². The van der Waals surface area contributed by atoms with Gasteiger partial charge in [-0.1, -0.05) is 18.2 Å². The molecule has 0 saturated carbocycles. The van der Waals surface area contributed by atoms with Gasteiger partial charge in [-0.05, 0) is 37.5 Å². The zero-order valence-electron chi connectivity index (χ0n) is 21.8. The monoisotopic (exact) mass is 573 g/mol. The first-order chi connectivity index (χ1) is 19.3. The Morgan fingerprint density at radius 1 is 1.20 bits per heavy atom. The molecule has 2 aromatic heterocycles. The van der Waals surface area contributed by atoms with E-state index in [0.717, 1.165) is 31.7 Å². The first-order valence-corrected chi connectivity index (χ1v) is 13.6. The van der Waals surface area contributed by atoms with Crippen LogP contribution in [-0.4, -0.2) is 63.7 Å². The Balaban J connectivity index is 1.55. The molecule has 2 aliphatic rings. The van der Waals surface area contributed by atoms with Crippen LogP contribution in [-0.2, 0) is 9.53 Å². The summed E-state index contributed by atoms with van der Waals surface area (Å²) in [6, 6.07) is 5.64. The largest absolute Gasteiger partial charge is 0.490 e. The number of alkyl halides is 2. The standard InChI is InChI=1S/C28H30ClF2N5O4/c1-2-24(37)35-10-4-3-5-18(16-35)36-25-21(29)14-20(40-19-7-11-39-12-8-19)15-22(25)33-28(36)34-27(38)17-6-9-32-23(13-17)26(30)31/h2,6,9,13-15,18-19,26H,1,3-5,7-8,10-12,16H2,(H,33,34,38). The molecule has 2 amide bonds. The molecule has 4 heterocycles. The lowest BCUT2D eigenvalue weighted by atomic mass is 10.1. The summed E-state index contributed by atoms with van der Waals surface area (Å²) in [4.78, 5) is 35.8. The van der Waals surface area contributed by atoms with Crippen LogP contribution >= 0.6 is 11.6 Å². The molecule has 0 bridgehead atoms. The minimum Gasteiger partial charge on any atom is -0.490 e. The number of amides is 2. The number of rotatable bonds is 7. The number of benzene rings is 1. The van der Waals surface area contributed by atoms with Crippen LogP contribution in [0.15, 0.2) is 43.1 Å². The molecule has 0 aliphatic carbocycles. The number of ether oxygens (including phenoxy) is 2. The maximum Gasteiger partial charge on any atom is 0.280 e. The van der Waals surface area contributed by atoms with Gasteiger partial charge < -0.3 is 18.9 Å². The van der Waals surface area contributed by atoms with Gasteiger partial charge in [0.1, 0.15) is 17.5 Å². The zero-order valence-corrected chi connectivity index (χ0v) is 22.6. The van der Waals surface area contributed by atoms with Crippen LogP contribution in [0.2, 0.25) is 5.02 Å². The van der Waals surface area contributed by atoms with Crippen molar-refractivity contribution in [3.05, 3.63) is 59.4 Å². The van der Waals surface area contributed by atoms with E-state index in [1.807, 2.05) is 4.57 Å². The second kappa shape index (κ2) is 12.3. The van der Waals surface area contributed by atoms with Crippen molar-refractivity contribution in [3.63, 3.8) is 0 Å². The Bertz CT molecular complexity index is 1410. The number of aromatic nitrogens is 3. The highest BCUT2D eigenvalue weighted by molar-refractivity contribution is 6.35. The SMILES string of the molecule is C=CC(=O)N1CCCCC(n2c(NC(=O)c3ccnc(C(F)F)c3)nc3cc(OC4CCOCC4)cc(Cl)c32)C1. The summed E-state index contributed by atoms with van der Waals surface area (Å²) >= 11 is 6.83. The molecule has 5 rings (SSSR count). The summed E-state index contributed by atoms with van der Waals surface area (Å²) in [6.07, 6.45) is 3.49.